The van der Waals surface area contributed by atoms with Gasteiger partial charge in [-0.3, -0.25) is 9.59 Å². The molecule has 1 amide bonds. The number of para-hydroxylation sites is 1. The Morgan fingerprint density at radius 2 is 1.94 bits per heavy atom. The lowest BCUT2D eigenvalue weighted by Gasteiger charge is -2.04. The molecule has 3 aromatic rings. The molecule has 0 unspecified atom stereocenters. The Morgan fingerprint density at radius 1 is 1.16 bits per heavy atom. The van der Waals surface area contributed by atoms with Crippen LogP contribution in [0.4, 0.5) is 5.69 Å². The average Bonchev–Trinajstić information content (AvgIpc) is 3.28. The molecule has 0 aliphatic carbocycles. The molecule has 7 nitrogen and oxygen atoms in total. The Hall–Kier alpha value is -4.00. The summed E-state index contributed by atoms with van der Waals surface area (Å²) in [6.07, 6.45) is 3.19. The van der Waals surface area contributed by atoms with Gasteiger partial charge in [-0.1, -0.05) is 18.2 Å². The van der Waals surface area contributed by atoms with Crippen LogP contribution in [0.25, 0.3) is 11.8 Å². The van der Waals surface area contributed by atoms with Crippen molar-refractivity contribution in [1.82, 2.24) is 9.78 Å². The Bertz CT molecular complexity index is 1210. The van der Waals surface area contributed by atoms with Crippen LogP contribution in [0.1, 0.15) is 32.9 Å². The number of aromatic nitrogens is 2. The average molecular weight is 415 g/mol. The second-order valence-corrected chi connectivity index (χ2v) is 7.29. The van der Waals surface area contributed by atoms with E-state index in [0.717, 1.165) is 28.2 Å². The lowest BCUT2D eigenvalue weighted by molar-refractivity contribution is -0.136. The van der Waals surface area contributed by atoms with E-state index < -0.39 is 5.97 Å². The highest BCUT2D eigenvalue weighted by Crippen LogP contribution is 2.24. The molecule has 1 aliphatic heterocycles. The number of benzene rings is 2. The second-order valence-electron chi connectivity index (χ2n) is 7.29. The van der Waals surface area contributed by atoms with E-state index in [1.165, 1.54) is 6.08 Å². The summed E-state index contributed by atoms with van der Waals surface area (Å²) in [5, 5.41) is 7.25. The maximum atomic E-state index is 12.4. The van der Waals surface area contributed by atoms with E-state index in [-0.39, 0.29) is 24.7 Å². The topological polar surface area (TPSA) is 90.3 Å². The predicted octanol–water partition coefficient (Wildman–Crippen LogP) is 3.42. The van der Waals surface area contributed by atoms with Crippen LogP contribution in [0, 0.1) is 13.8 Å². The van der Waals surface area contributed by atoms with Gasteiger partial charge in [0, 0.05) is 28.6 Å². The van der Waals surface area contributed by atoms with Crippen LogP contribution < -0.4 is 5.32 Å². The fraction of sp³-hybridized carbons (Fsp3) is 0.167. The molecule has 0 spiro atoms. The van der Waals surface area contributed by atoms with Crippen molar-refractivity contribution in [1.29, 1.82) is 0 Å². The number of amides is 1. The summed E-state index contributed by atoms with van der Waals surface area (Å²) in [5.41, 5.74) is 5.31. The van der Waals surface area contributed by atoms with Crippen molar-refractivity contribution in [3.8, 4) is 5.69 Å². The highest BCUT2D eigenvalue weighted by Gasteiger charge is 2.19. The number of carbonyl (C=O) groups excluding carboxylic acids is 3. The highest BCUT2D eigenvalue weighted by atomic mass is 16.5. The molecular formula is C24H21N3O4. The molecule has 31 heavy (non-hydrogen) atoms. The third kappa shape index (κ3) is 4.30. The van der Waals surface area contributed by atoms with Crippen molar-refractivity contribution < 1.29 is 19.1 Å². The van der Waals surface area contributed by atoms with Gasteiger partial charge in [0.05, 0.1) is 17.8 Å². The van der Waals surface area contributed by atoms with E-state index in [9.17, 15) is 14.4 Å². The van der Waals surface area contributed by atoms with E-state index in [0.29, 0.717) is 11.3 Å². The summed E-state index contributed by atoms with van der Waals surface area (Å²) >= 11 is 0. The zero-order valence-corrected chi connectivity index (χ0v) is 17.2. The summed E-state index contributed by atoms with van der Waals surface area (Å²) in [6, 6.07) is 14.7. The maximum absolute atomic E-state index is 12.4. The van der Waals surface area contributed by atoms with E-state index in [1.54, 1.807) is 24.3 Å². The molecule has 2 heterocycles. The van der Waals surface area contributed by atoms with E-state index in [1.807, 2.05) is 48.9 Å². The first kappa shape index (κ1) is 20.3. The van der Waals surface area contributed by atoms with Gasteiger partial charge in [-0.05, 0) is 55.8 Å². The van der Waals surface area contributed by atoms with Gasteiger partial charge in [0.15, 0.2) is 12.4 Å². The maximum Gasteiger partial charge on any atom is 0.331 e. The zero-order chi connectivity index (χ0) is 22.0. The molecule has 1 N–H and O–H groups in total. The summed E-state index contributed by atoms with van der Waals surface area (Å²) in [4.78, 5) is 35.9. The van der Waals surface area contributed by atoms with E-state index in [4.69, 9.17) is 4.74 Å². The van der Waals surface area contributed by atoms with Gasteiger partial charge >= 0.3 is 5.97 Å². The zero-order valence-electron chi connectivity index (χ0n) is 17.2. The number of ether oxygens (including phenoxy) is 1. The Kier molecular flexibility index (Phi) is 5.49. The summed E-state index contributed by atoms with van der Waals surface area (Å²) < 4.78 is 6.92. The van der Waals surface area contributed by atoms with Crippen LogP contribution in [-0.4, -0.2) is 34.0 Å². The van der Waals surface area contributed by atoms with Crippen molar-refractivity contribution in [3.63, 3.8) is 0 Å². The number of aryl methyl sites for hydroxylation is 1. The number of carbonyl (C=O) groups is 3. The fourth-order valence-corrected chi connectivity index (χ4v) is 3.54. The standard InChI is InChI=1S/C24H21N3O4/c1-15-20(16(2)27(26-15)19-6-4-3-5-7-19)9-11-24(30)31-14-22(28)17-8-10-21-18(12-17)13-23(29)25-21/h3-12H,13-14H2,1-2H3,(H,25,29)/b11-9+. The first-order valence-corrected chi connectivity index (χ1v) is 9.85. The number of nitrogens with one attached hydrogen (secondary N) is 1. The lowest BCUT2D eigenvalue weighted by Crippen LogP contribution is -2.12. The lowest BCUT2D eigenvalue weighted by atomic mass is 10.1. The van der Waals surface area contributed by atoms with Crippen LogP contribution in [0.2, 0.25) is 0 Å². The quantitative estimate of drug-likeness (QED) is 0.378. The summed E-state index contributed by atoms with van der Waals surface area (Å²) in [6.45, 7) is 3.42. The number of hydrogen-bond donors (Lipinski definition) is 1. The molecule has 4 rings (SSSR count). The summed E-state index contributed by atoms with van der Waals surface area (Å²) in [7, 11) is 0. The number of nitrogens with zero attached hydrogens (tertiary/aromatic N) is 2. The minimum absolute atomic E-state index is 0.0997. The molecule has 0 bridgehead atoms. The first-order valence-electron chi connectivity index (χ1n) is 9.85. The highest BCUT2D eigenvalue weighted by molar-refractivity contribution is 6.03. The minimum atomic E-state index is -0.613. The number of rotatable bonds is 6. The molecular weight excluding hydrogens is 394 g/mol. The molecule has 0 fully saturated rings. The summed E-state index contributed by atoms with van der Waals surface area (Å²) in [5.74, 6) is -1.04. The predicted molar refractivity (Wildman–Crippen MR) is 116 cm³/mol. The molecule has 0 atom stereocenters. The smallest absolute Gasteiger partial charge is 0.331 e. The Labute approximate surface area is 179 Å². The minimum Gasteiger partial charge on any atom is -0.454 e. The number of esters is 1. The van der Waals surface area contributed by atoms with Crippen LogP contribution in [0.3, 0.4) is 0 Å². The molecule has 1 aliphatic rings. The van der Waals surface area contributed by atoms with Crippen molar-refractivity contribution in [2.45, 2.75) is 20.3 Å². The normalized spacial score (nSPS) is 12.6. The number of ketones is 1. The van der Waals surface area contributed by atoms with Crippen molar-refractivity contribution in [2.24, 2.45) is 0 Å². The van der Waals surface area contributed by atoms with Crippen molar-refractivity contribution in [2.75, 3.05) is 11.9 Å². The Morgan fingerprint density at radius 3 is 2.71 bits per heavy atom. The van der Waals surface area contributed by atoms with Crippen LogP contribution in [-0.2, 0) is 20.7 Å². The largest absolute Gasteiger partial charge is 0.454 e. The third-order valence-electron chi connectivity index (χ3n) is 5.13. The van der Waals surface area contributed by atoms with Gasteiger partial charge in [0.2, 0.25) is 5.91 Å². The molecule has 0 saturated heterocycles. The van der Waals surface area contributed by atoms with Crippen molar-refractivity contribution in [3.05, 3.63) is 82.7 Å². The van der Waals surface area contributed by atoms with Crippen LogP contribution >= 0.6 is 0 Å². The first-order chi connectivity index (χ1) is 14.9. The molecule has 1 aromatic heterocycles. The van der Waals surface area contributed by atoms with Crippen LogP contribution in [0.5, 0.6) is 0 Å². The monoisotopic (exact) mass is 415 g/mol. The molecule has 2 aromatic carbocycles. The second kappa shape index (κ2) is 8.39. The van der Waals surface area contributed by atoms with E-state index >= 15 is 0 Å². The van der Waals surface area contributed by atoms with Crippen LogP contribution in [0.15, 0.2) is 54.6 Å². The number of anilines is 1. The fourth-order valence-electron chi connectivity index (χ4n) is 3.54. The Balaban J connectivity index is 1.39. The number of hydrogen-bond acceptors (Lipinski definition) is 5. The van der Waals surface area contributed by atoms with Gasteiger partial charge in [-0.2, -0.15) is 5.10 Å². The molecule has 0 saturated carbocycles. The van der Waals surface area contributed by atoms with Gasteiger partial charge in [0.25, 0.3) is 0 Å². The van der Waals surface area contributed by atoms with Gasteiger partial charge in [-0.15, -0.1) is 0 Å². The van der Waals surface area contributed by atoms with Gasteiger partial charge in [0.1, 0.15) is 0 Å². The molecule has 7 heteroatoms. The number of Topliss-reactive ketones (excluding diaryl/α,β-unsaturated/α-hetero) is 1. The van der Waals surface area contributed by atoms with E-state index in [2.05, 4.69) is 10.4 Å². The van der Waals surface area contributed by atoms with Crippen molar-refractivity contribution >= 4 is 29.4 Å². The molecule has 156 valence electrons. The third-order valence-corrected chi connectivity index (χ3v) is 5.13. The van der Waals surface area contributed by atoms with Gasteiger partial charge < -0.3 is 10.1 Å². The number of fused-ring (bicyclic) bond motifs is 1. The molecule has 0 radical (unpaired) electrons. The van der Waals surface area contributed by atoms with Gasteiger partial charge in [-0.25, -0.2) is 9.48 Å². The SMILES string of the molecule is Cc1nn(-c2ccccc2)c(C)c1/C=C/C(=O)OCC(=O)c1ccc2c(c1)CC(=O)N2.